The number of rotatable bonds is 1. The Balaban J connectivity index is 3.02. The van der Waals surface area contributed by atoms with E-state index in [0.717, 1.165) is 0 Å². The smallest absolute Gasteiger partial charge is 0.242 e. The molecule has 0 aliphatic rings. The van der Waals surface area contributed by atoms with Crippen molar-refractivity contribution < 1.29 is 4.74 Å². The number of methoxy groups -OCH3 is 1. The molecule has 0 aliphatic carbocycles. The molecule has 1 aromatic rings. The molecule has 0 fully saturated rings. The lowest BCUT2D eigenvalue weighted by Gasteiger charge is -1.88. The van der Waals surface area contributed by atoms with Crippen molar-refractivity contribution in [2.45, 2.75) is 0 Å². The molecular formula is C5H4N2OS. The second-order valence-corrected chi connectivity index (χ2v) is 2.16. The summed E-state index contributed by atoms with van der Waals surface area (Å²) in [4.78, 5) is 4.30. The maximum absolute atomic E-state index is 8.38. The third-order valence-electron chi connectivity index (χ3n) is 0.830. The zero-order valence-corrected chi connectivity index (χ0v) is 5.60. The first-order chi connectivity index (χ1) is 4.38. The molecule has 0 saturated carbocycles. The van der Waals surface area contributed by atoms with Gasteiger partial charge >= 0.3 is 0 Å². The summed E-state index contributed by atoms with van der Waals surface area (Å²) in [5.74, 6) is 0.419. The highest BCUT2D eigenvalue weighted by Gasteiger charge is 2.02. The fraction of sp³-hybridized carbons (Fsp3) is 0.200. The molecule has 0 spiro atoms. The van der Waals surface area contributed by atoms with Gasteiger partial charge in [-0.3, -0.25) is 0 Å². The monoisotopic (exact) mass is 140 g/mol. The van der Waals surface area contributed by atoms with E-state index < -0.39 is 0 Å². The van der Waals surface area contributed by atoms with Crippen LogP contribution in [0.25, 0.3) is 0 Å². The van der Waals surface area contributed by atoms with Gasteiger partial charge < -0.3 is 4.74 Å². The first-order valence-corrected chi connectivity index (χ1v) is 3.14. The third kappa shape index (κ3) is 1.00. The lowest BCUT2D eigenvalue weighted by molar-refractivity contribution is 0.399. The van der Waals surface area contributed by atoms with E-state index in [1.54, 1.807) is 5.51 Å². The Morgan fingerprint density at radius 3 is 3.11 bits per heavy atom. The number of nitrogens with zero attached hydrogens (tertiary/aromatic N) is 2. The summed E-state index contributed by atoms with van der Waals surface area (Å²) in [6.07, 6.45) is 0. The van der Waals surface area contributed by atoms with Crippen LogP contribution in [0.1, 0.15) is 4.88 Å². The van der Waals surface area contributed by atoms with Crippen molar-refractivity contribution in [3.63, 3.8) is 0 Å². The highest BCUT2D eigenvalue weighted by Crippen LogP contribution is 2.18. The van der Waals surface area contributed by atoms with Crippen LogP contribution in [0.3, 0.4) is 0 Å². The van der Waals surface area contributed by atoms with E-state index in [1.807, 2.05) is 6.07 Å². The van der Waals surface area contributed by atoms with Gasteiger partial charge in [0.15, 0.2) is 4.88 Å². The molecule has 0 saturated heterocycles. The molecule has 0 aromatic carbocycles. The Morgan fingerprint density at radius 1 is 1.89 bits per heavy atom. The van der Waals surface area contributed by atoms with Crippen molar-refractivity contribution in [2.24, 2.45) is 0 Å². The number of hydrogen-bond donors (Lipinski definition) is 0. The van der Waals surface area contributed by atoms with Crippen molar-refractivity contribution in [1.82, 2.24) is 4.98 Å². The maximum atomic E-state index is 8.38. The number of hydrogen-bond acceptors (Lipinski definition) is 4. The van der Waals surface area contributed by atoms with Crippen molar-refractivity contribution in [2.75, 3.05) is 7.11 Å². The highest BCUT2D eigenvalue weighted by molar-refractivity contribution is 7.10. The number of ether oxygens (including phenoxy) is 1. The van der Waals surface area contributed by atoms with Crippen LogP contribution in [0.15, 0.2) is 5.51 Å². The van der Waals surface area contributed by atoms with Gasteiger partial charge in [0, 0.05) is 0 Å². The summed E-state index contributed by atoms with van der Waals surface area (Å²) >= 11 is 1.28. The Hall–Kier alpha value is -1.08. The van der Waals surface area contributed by atoms with Crippen LogP contribution in [-0.4, -0.2) is 12.1 Å². The van der Waals surface area contributed by atoms with Crippen LogP contribution in [-0.2, 0) is 0 Å². The van der Waals surface area contributed by atoms with Crippen molar-refractivity contribution in [3.05, 3.63) is 10.4 Å². The zero-order chi connectivity index (χ0) is 6.69. The van der Waals surface area contributed by atoms with Crippen molar-refractivity contribution in [3.8, 4) is 11.9 Å². The van der Waals surface area contributed by atoms with E-state index in [1.165, 1.54) is 18.4 Å². The Kier molecular flexibility index (Phi) is 1.66. The third-order valence-corrected chi connectivity index (χ3v) is 1.54. The van der Waals surface area contributed by atoms with E-state index >= 15 is 0 Å². The van der Waals surface area contributed by atoms with Gasteiger partial charge in [-0.25, -0.2) is 4.98 Å². The van der Waals surface area contributed by atoms with Crippen LogP contribution in [0.2, 0.25) is 0 Å². The lowest BCUT2D eigenvalue weighted by Crippen LogP contribution is -1.83. The molecule has 3 nitrogen and oxygen atoms in total. The van der Waals surface area contributed by atoms with E-state index in [0.29, 0.717) is 10.8 Å². The predicted octanol–water partition coefficient (Wildman–Crippen LogP) is 1.02. The van der Waals surface area contributed by atoms with Crippen LogP contribution in [0.5, 0.6) is 5.88 Å². The fourth-order valence-electron chi connectivity index (χ4n) is 0.456. The normalized spacial score (nSPS) is 8.44. The molecule has 0 unspecified atom stereocenters. The second kappa shape index (κ2) is 2.46. The fourth-order valence-corrected chi connectivity index (χ4v) is 0.999. The van der Waals surface area contributed by atoms with Gasteiger partial charge in [0.25, 0.3) is 0 Å². The molecule has 4 heteroatoms. The standard InChI is InChI=1S/C5H4N2OS/c1-8-5-4(2-6)9-3-7-5/h3H,1H3. The summed E-state index contributed by atoms with van der Waals surface area (Å²) < 4.78 is 4.75. The Bertz CT molecular complexity index is 237. The molecular weight excluding hydrogens is 136 g/mol. The van der Waals surface area contributed by atoms with Crippen LogP contribution in [0, 0.1) is 11.3 Å². The summed E-state index contributed by atoms with van der Waals surface area (Å²) in [6.45, 7) is 0. The minimum absolute atomic E-state index is 0.419. The molecule has 0 amide bonds. The van der Waals surface area contributed by atoms with E-state index in [4.69, 9.17) is 10.00 Å². The average molecular weight is 140 g/mol. The molecule has 0 radical (unpaired) electrons. The Morgan fingerprint density at radius 2 is 2.67 bits per heavy atom. The topological polar surface area (TPSA) is 45.9 Å². The second-order valence-electron chi connectivity index (χ2n) is 1.30. The molecule has 0 atom stereocenters. The van der Waals surface area contributed by atoms with E-state index in [-0.39, 0.29) is 0 Å². The maximum Gasteiger partial charge on any atom is 0.242 e. The van der Waals surface area contributed by atoms with Gasteiger partial charge in [0.2, 0.25) is 5.88 Å². The minimum atomic E-state index is 0.419. The molecule has 1 aromatic heterocycles. The molecule has 0 N–H and O–H groups in total. The summed E-state index contributed by atoms with van der Waals surface area (Å²) in [7, 11) is 1.50. The minimum Gasteiger partial charge on any atom is -0.479 e. The van der Waals surface area contributed by atoms with Crippen molar-refractivity contribution in [1.29, 1.82) is 5.26 Å². The van der Waals surface area contributed by atoms with Gasteiger partial charge in [0.05, 0.1) is 12.6 Å². The predicted molar refractivity (Wildman–Crippen MR) is 33.4 cm³/mol. The van der Waals surface area contributed by atoms with Gasteiger partial charge in [-0.2, -0.15) is 5.26 Å². The SMILES string of the molecule is COc1ncsc1C#N. The molecule has 1 heterocycles. The molecule has 1 rings (SSSR count). The van der Waals surface area contributed by atoms with Gasteiger partial charge in [-0.05, 0) is 0 Å². The zero-order valence-electron chi connectivity index (χ0n) is 4.79. The first kappa shape index (κ1) is 6.05. The lowest BCUT2D eigenvalue weighted by atomic mass is 10.6. The molecule has 0 bridgehead atoms. The average Bonchev–Trinajstić information content (AvgIpc) is 2.33. The van der Waals surface area contributed by atoms with Crippen LogP contribution in [0.4, 0.5) is 0 Å². The van der Waals surface area contributed by atoms with E-state index in [9.17, 15) is 0 Å². The molecule has 46 valence electrons. The number of thiazole rings is 1. The van der Waals surface area contributed by atoms with Crippen LogP contribution >= 0.6 is 11.3 Å². The summed E-state index contributed by atoms with van der Waals surface area (Å²) in [5.41, 5.74) is 1.58. The Labute approximate surface area is 56.5 Å². The summed E-state index contributed by atoms with van der Waals surface area (Å²) in [5, 5.41) is 8.38. The number of aromatic nitrogens is 1. The highest BCUT2D eigenvalue weighted by atomic mass is 32.1. The van der Waals surface area contributed by atoms with Gasteiger partial charge in [0.1, 0.15) is 6.07 Å². The van der Waals surface area contributed by atoms with Crippen LogP contribution < -0.4 is 4.74 Å². The number of nitriles is 1. The molecule has 9 heavy (non-hydrogen) atoms. The molecule has 0 aliphatic heterocycles. The quantitative estimate of drug-likeness (QED) is 0.585. The van der Waals surface area contributed by atoms with Gasteiger partial charge in [-0.1, -0.05) is 0 Å². The first-order valence-electron chi connectivity index (χ1n) is 2.26. The largest absolute Gasteiger partial charge is 0.479 e. The van der Waals surface area contributed by atoms with E-state index in [2.05, 4.69) is 4.98 Å². The van der Waals surface area contributed by atoms with Crippen molar-refractivity contribution >= 4 is 11.3 Å². The summed E-state index contributed by atoms with van der Waals surface area (Å²) in [6, 6.07) is 1.96. The van der Waals surface area contributed by atoms with Gasteiger partial charge in [-0.15, -0.1) is 11.3 Å².